The number of aromatic hydroxyl groups is 1. The van der Waals surface area contributed by atoms with Crippen molar-refractivity contribution < 1.29 is 19.7 Å². The molecule has 0 bridgehead atoms. The summed E-state index contributed by atoms with van der Waals surface area (Å²) >= 11 is 0. The molecule has 0 saturated heterocycles. The molecule has 2 aromatic heterocycles. The Balaban J connectivity index is 1.40. The van der Waals surface area contributed by atoms with Crippen LogP contribution in [0.2, 0.25) is 0 Å². The van der Waals surface area contributed by atoms with Crippen molar-refractivity contribution in [3.63, 3.8) is 0 Å². The van der Waals surface area contributed by atoms with E-state index in [0.29, 0.717) is 45.8 Å². The summed E-state index contributed by atoms with van der Waals surface area (Å²) in [6, 6.07) is 1.47. The Kier molecular flexibility index (Phi) is 6.49. The molecule has 2 unspecified atom stereocenters. The van der Waals surface area contributed by atoms with E-state index in [4.69, 9.17) is 4.74 Å². The number of phenolic OH excluding ortho intramolecular Hbond substituents is 1. The summed E-state index contributed by atoms with van der Waals surface area (Å²) in [7, 11) is 0. The van der Waals surface area contributed by atoms with Crippen LogP contribution in [0.5, 0.6) is 11.5 Å². The zero-order valence-corrected chi connectivity index (χ0v) is 21.7. The van der Waals surface area contributed by atoms with Crippen LogP contribution in [0.15, 0.2) is 42.0 Å². The van der Waals surface area contributed by atoms with Gasteiger partial charge in [-0.2, -0.15) is 0 Å². The van der Waals surface area contributed by atoms with Gasteiger partial charge in [0, 0.05) is 17.5 Å². The summed E-state index contributed by atoms with van der Waals surface area (Å²) in [6.45, 7) is 8.47. The van der Waals surface area contributed by atoms with E-state index in [2.05, 4.69) is 52.9 Å². The van der Waals surface area contributed by atoms with Crippen LogP contribution in [-0.4, -0.2) is 47.8 Å². The fourth-order valence-corrected chi connectivity index (χ4v) is 5.13. The van der Waals surface area contributed by atoms with Gasteiger partial charge in [-0.15, -0.1) is 0 Å². The van der Waals surface area contributed by atoms with Gasteiger partial charge in [0.1, 0.15) is 28.9 Å². The Hall–Kier alpha value is -3.72. The molecule has 9 nitrogen and oxygen atoms in total. The molecule has 4 heterocycles. The molecule has 194 valence electrons. The molecule has 3 aromatic rings. The van der Waals surface area contributed by atoms with Crippen LogP contribution in [0.4, 0.5) is 5.82 Å². The topological polar surface area (TPSA) is 124 Å². The number of aliphatic hydroxyl groups excluding tert-OH is 1. The lowest BCUT2D eigenvalue weighted by Crippen LogP contribution is -2.49. The number of rotatable bonds is 7. The second kappa shape index (κ2) is 9.63. The van der Waals surface area contributed by atoms with Crippen molar-refractivity contribution in [3.8, 4) is 11.5 Å². The van der Waals surface area contributed by atoms with Crippen molar-refractivity contribution in [3.05, 3.63) is 58.7 Å². The van der Waals surface area contributed by atoms with E-state index in [9.17, 15) is 15.0 Å². The molecule has 5 rings (SSSR count). The number of anilines is 1. The monoisotopic (exact) mass is 503 g/mol. The van der Waals surface area contributed by atoms with Crippen LogP contribution in [0.1, 0.15) is 74.9 Å². The van der Waals surface area contributed by atoms with E-state index in [1.165, 1.54) is 34.8 Å². The molecule has 2 aliphatic rings. The first-order valence-corrected chi connectivity index (χ1v) is 12.7. The summed E-state index contributed by atoms with van der Waals surface area (Å²) in [6.07, 6.45) is 10.2. The number of phenols is 1. The molecular weight excluding hydrogens is 470 g/mol. The van der Waals surface area contributed by atoms with E-state index in [0.717, 1.165) is 19.3 Å². The van der Waals surface area contributed by atoms with Crippen molar-refractivity contribution in [1.82, 2.24) is 19.9 Å². The summed E-state index contributed by atoms with van der Waals surface area (Å²) < 4.78 is 6.47. The number of imidazole rings is 1. The molecule has 0 saturated carbocycles. The van der Waals surface area contributed by atoms with E-state index in [1.54, 1.807) is 0 Å². The van der Waals surface area contributed by atoms with Gasteiger partial charge in [0.05, 0.1) is 24.5 Å². The van der Waals surface area contributed by atoms with Crippen molar-refractivity contribution >= 4 is 22.9 Å². The summed E-state index contributed by atoms with van der Waals surface area (Å²) in [5.74, 6) is 0.575. The lowest BCUT2D eigenvalue weighted by Gasteiger charge is -2.40. The minimum Gasteiger partial charge on any atom is -0.508 e. The van der Waals surface area contributed by atoms with Crippen LogP contribution in [0.3, 0.4) is 0 Å². The van der Waals surface area contributed by atoms with E-state index >= 15 is 0 Å². The number of carbonyl (C=O) groups is 1. The Labute approximate surface area is 215 Å². The molecule has 2 atom stereocenters. The minimum absolute atomic E-state index is 0.0468. The first-order chi connectivity index (χ1) is 17.7. The number of aliphatic hydroxyl groups is 1. The maximum absolute atomic E-state index is 13.4. The summed E-state index contributed by atoms with van der Waals surface area (Å²) in [5, 5.41) is 21.8. The number of hydrogen-bond donors (Lipinski definition) is 3. The number of ether oxygens (including phenoxy) is 1. The normalized spacial score (nSPS) is 21.1. The average Bonchev–Trinajstić information content (AvgIpc) is 3.45. The van der Waals surface area contributed by atoms with Gasteiger partial charge in [-0.1, -0.05) is 23.3 Å². The number of carbonyl (C=O) groups excluding carboxylic acids is 1. The number of H-pyrrole nitrogens is 1. The molecule has 9 heteroatoms. The van der Waals surface area contributed by atoms with E-state index in [1.807, 2.05) is 6.92 Å². The maximum atomic E-state index is 13.4. The lowest BCUT2D eigenvalue weighted by atomic mass is 9.84. The third-order valence-electron chi connectivity index (χ3n) is 7.38. The molecule has 1 aromatic carbocycles. The molecule has 37 heavy (non-hydrogen) atoms. The largest absolute Gasteiger partial charge is 0.508 e. The number of amides is 1. The van der Waals surface area contributed by atoms with Crippen LogP contribution in [0.25, 0.3) is 11.2 Å². The quantitative estimate of drug-likeness (QED) is 0.398. The molecule has 2 aliphatic heterocycles. The smallest absolute Gasteiger partial charge is 0.260 e. The van der Waals surface area contributed by atoms with Gasteiger partial charge < -0.3 is 19.9 Å². The number of aromatic nitrogens is 4. The SMILES string of the molecule is CC(C)=CCCC(C)=CCCC1(C)Oc2c(c(O)cc3c2CN(c2ncnc4nc[nH]c24)C3=O)CC1O. The number of allylic oxidation sites excluding steroid dienone is 4. The third kappa shape index (κ3) is 4.59. The average molecular weight is 504 g/mol. The molecule has 3 N–H and O–H groups in total. The highest BCUT2D eigenvalue weighted by atomic mass is 16.5. The predicted octanol–water partition coefficient (Wildman–Crippen LogP) is 4.75. The van der Waals surface area contributed by atoms with Gasteiger partial charge in [-0.3, -0.25) is 9.69 Å². The van der Waals surface area contributed by atoms with Crippen molar-refractivity contribution in [2.24, 2.45) is 0 Å². The van der Waals surface area contributed by atoms with Gasteiger partial charge in [0.15, 0.2) is 11.5 Å². The number of nitrogens with one attached hydrogen (secondary N) is 1. The zero-order valence-electron chi connectivity index (χ0n) is 21.7. The molecular formula is C28H33N5O4. The highest BCUT2D eigenvalue weighted by Crippen LogP contribution is 2.47. The van der Waals surface area contributed by atoms with E-state index < -0.39 is 11.7 Å². The molecule has 0 radical (unpaired) electrons. The number of fused-ring (bicyclic) bond motifs is 4. The molecule has 0 aliphatic carbocycles. The number of aromatic amines is 1. The van der Waals surface area contributed by atoms with Gasteiger partial charge in [0.25, 0.3) is 5.91 Å². The van der Waals surface area contributed by atoms with Crippen molar-refractivity contribution in [2.75, 3.05) is 4.90 Å². The lowest BCUT2D eigenvalue weighted by molar-refractivity contribution is -0.0597. The fraction of sp³-hybridized carbons (Fsp3) is 0.429. The number of nitrogens with zero attached hydrogens (tertiary/aromatic N) is 4. The minimum atomic E-state index is -0.854. The third-order valence-corrected chi connectivity index (χ3v) is 7.38. The highest BCUT2D eigenvalue weighted by Gasteiger charge is 2.44. The molecule has 0 spiro atoms. The standard InChI is InChI=1S/C28H33N5O4/c1-16(2)7-5-8-17(3)9-6-10-28(4)22(35)12-19-21(34)11-18-20(24(19)37-28)13-33(27(18)36)26-23-25(30-14-29-23)31-15-32-26/h7,9,11,14-15,22,34-35H,5-6,8,10,12-13H2,1-4H3,(H,29,30,31,32). The Morgan fingerprint density at radius 2 is 2.03 bits per heavy atom. The van der Waals surface area contributed by atoms with Gasteiger partial charge in [-0.25, -0.2) is 15.0 Å². The van der Waals surface area contributed by atoms with Gasteiger partial charge in [-0.05, 0) is 59.4 Å². The fourth-order valence-electron chi connectivity index (χ4n) is 5.13. The molecule has 1 amide bonds. The first kappa shape index (κ1) is 25.0. The molecule has 0 fully saturated rings. The zero-order chi connectivity index (χ0) is 26.3. The van der Waals surface area contributed by atoms with Crippen molar-refractivity contribution in [2.45, 2.75) is 78.0 Å². The van der Waals surface area contributed by atoms with Crippen molar-refractivity contribution in [1.29, 1.82) is 0 Å². The maximum Gasteiger partial charge on any atom is 0.260 e. The number of benzene rings is 1. The predicted molar refractivity (Wildman–Crippen MR) is 141 cm³/mol. The van der Waals surface area contributed by atoms with Gasteiger partial charge in [0.2, 0.25) is 0 Å². The van der Waals surface area contributed by atoms with Crippen LogP contribution < -0.4 is 9.64 Å². The summed E-state index contributed by atoms with van der Waals surface area (Å²) in [5.41, 5.74) is 4.39. The van der Waals surface area contributed by atoms with Crippen LogP contribution >= 0.6 is 0 Å². The second-order valence-electron chi connectivity index (χ2n) is 10.5. The second-order valence-corrected chi connectivity index (χ2v) is 10.5. The highest BCUT2D eigenvalue weighted by molar-refractivity contribution is 6.12. The van der Waals surface area contributed by atoms with Crippen LogP contribution in [0, 0.1) is 0 Å². The summed E-state index contributed by atoms with van der Waals surface area (Å²) in [4.78, 5) is 30.6. The number of hydrogen-bond acceptors (Lipinski definition) is 7. The first-order valence-electron chi connectivity index (χ1n) is 12.7. The Morgan fingerprint density at radius 3 is 2.81 bits per heavy atom. The van der Waals surface area contributed by atoms with E-state index in [-0.39, 0.29) is 24.6 Å². The Bertz CT molecular complexity index is 1420. The van der Waals surface area contributed by atoms with Gasteiger partial charge >= 0.3 is 0 Å². The van der Waals surface area contributed by atoms with Crippen LogP contribution in [-0.2, 0) is 13.0 Å². The Morgan fingerprint density at radius 1 is 1.22 bits per heavy atom.